The number of primary sulfonamides is 1. The van der Waals surface area contributed by atoms with Gasteiger partial charge in [0.05, 0.1) is 0 Å². The third-order valence-corrected chi connectivity index (χ3v) is 4.18. The van der Waals surface area contributed by atoms with Crippen molar-refractivity contribution in [1.29, 1.82) is 0 Å². The molecule has 6 nitrogen and oxygen atoms in total. The number of rotatable bonds is 6. The Morgan fingerprint density at radius 3 is 2.38 bits per heavy atom. The second-order valence-electron chi connectivity index (χ2n) is 4.91. The molecule has 0 radical (unpaired) electrons. The van der Waals surface area contributed by atoms with Crippen molar-refractivity contribution in [3.05, 3.63) is 41.7 Å². The lowest BCUT2D eigenvalue weighted by atomic mass is 9.95. The van der Waals surface area contributed by atoms with E-state index in [0.717, 1.165) is 18.4 Å². The van der Waals surface area contributed by atoms with Crippen molar-refractivity contribution in [3.63, 3.8) is 0 Å². The molecule has 0 saturated heterocycles. The van der Waals surface area contributed by atoms with E-state index in [9.17, 15) is 8.42 Å². The van der Waals surface area contributed by atoms with Crippen LogP contribution >= 0.6 is 0 Å². The fraction of sp³-hybridized carbons (Fsp3) is 0.429. The first kappa shape index (κ1) is 15.7. The highest BCUT2D eigenvalue weighted by Crippen LogP contribution is 2.27. The summed E-state index contributed by atoms with van der Waals surface area (Å²) in [4.78, 5) is 0. The van der Waals surface area contributed by atoms with Gasteiger partial charge in [0.2, 0.25) is 0 Å². The Kier molecular flexibility index (Phi) is 4.74. The van der Waals surface area contributed by atoms with Crippen LogP contribution in [0.25, 0.3) is 0 Å². The summed E-state index contributed by atoms with van der Waals surface area (Å²) >= 11 is 0. The van der Waals surface area contributed by atoms with Crippen molar-refractivity contribution < 1.29 is 8.42 Å². The Labute approximate surface area is 125 Å². The van der Waals surface area contributed by atoms with E-state index in [1.165, 1.54) is 0 Å². The van der Waals surface area contributed by atoms with E-state index < -0.39 is 10.0 Å². The molecule has 0 aliphatic rings. The molecule has 1 aromatic carbocycles. The molecule has 1 atom stereocenters. The SMILES string of the molecule is CCCn1c(C(CC)c2ccccc2)nnc1S(N)(=O)=O. The first-order chi connectivity index (χ1) is 9.99. The van der Waals surface area contributed by atoms with Crippen LogP contribution in [-0.4, -0.2) is 23.2 Å². The minimum absolute atomic E-state index is 0.000694. The zero-order valence-corrected chi connectivity index (χ0v) is 13.0. The maximum absolute atomic E-state index is 11.6. The molecule has 1 unspecified atom stereocenters. The smallest absolute Gasteiger partial charge is 0.273 e. The van der Waals surface area contributed by atoms with Crippen molar-refractivity contribution in [3.8, 4) is 0 Å². The van der Waals surface area contributed by atoms with Gasteiger partial charge in [-0.05, 0) is 18.4 Å². The molecule has 0 bridgehead atoms. The summed E-state index contributed by atoms with van der Waals surface area (Å²) < 4.78 is 24.9. The van der Waals surface area contributed by atoms with Crippen LogP contribution in [0.15, 0.2) is 35.5 Å². The normalized spacial score (nSPS) is 13.3. The quantitative estimate of drug-likeness (QED) is 0.882. The highest BCUT2D eigenvalue weighted by molar-refractivity contribution is 7.89. The lowest BCUT2D eigenvalue weighted by Crippen LogP contribution is -2.20. The van der Waals surface area contributed by atoms with Gasteiger partial charge < -0.3 is 4.57 Å². The summed E-state index contributed by atoms with van der Waals surface area (Å²) in [5, 5.41) is 13.0. The van der Waals surface area contributed by atoms with Gasteiger partial charge in [-0.25, -0.2) is 13.6 Å². The van der Waals surface area contributed by atoms with Gasteiger partial charge in [-0.2, -0.15) is 0 Å². The van der Waals surface area contributed by atoms with Crippen LogP contribution in [0.2, 0.25) is 0 Å². The topological polar surface area (TPSA) is 90.9 Å². The molecular weight excluding hydrogens is 288 g/mol. The van der Waals surface area contributed by atoms with Crippen LogP contribution in [0.5, 0.6) is 0 Å². The lowest BCUT2D eigenvalue weighted by Gasteiger charge is -2.16. The van der Waals surface area contributed by atoms with Gasteiger partial charge in [-0.1, -0.05) is 44.2 Å². The molecule has 1 aromatic heterocycles. The molecule has 2 N–H and O–H groups in total. The Bertz CT molecular complexity index is 695. The fourth-order valence-electron chi connectivity index (χ4n) is 2.45. The van der Waals surface area contributed by atoms with Crippen LogP contribution in [0, 0.1) is 0 Å². The number of sulfonamides is 1. The van der Waals surface area contributed by atoms with Gasteiger partial charge in [-0.3, -0.25) is 0 Å². The van der Waals surface area contributed by atoms with Gasteiger partial charge in [0.1, 0.15) is 5.82 Å². The highest BCUT2D eigenvalue weighted by Gasteiger charge is 2.25. The van der Waals surface area contributed by atoms with Crippen LogP contribution in [-0.2, 0) is 16.6 Å². The van der Waals surface area contributed by atoms with Gasteiger partial charge in [0.15, 0.2) is 0 Å². The standard InChI is InChI=1S/C14H20N4O2S/c1-3-10-18-13(16-17-14(18)21(15,19)20)12(4-2)11-8-6-5-7-9-11/h5-9,12H,3-4,10H2,1-2H3,(H2,15,19,20). The summed E-state index contributed by atoms with van der Waals surface area (Å²) in [5.74, 6) is 0.648. The fourth-order valence-corrected chi connectivity index (χ4v) is 3.10. The van der Waals surface area contributed by atoms with Crippen LogP contribution in [0.3, 0.4) is 0 Å². The van der Waals surface area contributed by atoms with Crippen molar-refractivity contribution in [2.24, 2.45) is 5.14 Å². The Balaban J connectivity index is 2.54. The minimum atomic E-state index is -3.87. The molecule has 0 spiro atoms. The molecule has 1 heterocycles. The van der Waals surface area contributed by atoms with E-state index in [-0.39, 0.29) is 11.1 Å². The molecular formula is C14H20N4O2S. The van der Waals surface area contributed by atoms with Gasteiger partial charge in [0.25, 0.3) is 15.2 Å². The number of nitrogens with two attached hydrogens (primary N) is 1. The van der Waals surface area contributed by atoms with Crippen molar-refractivity contribution >= 4 is 10.0 Å². The van der Waals surface area contributed by atoms with Gasteiger partial charge >= 0.3 is 0 Å². The zero-order valence-electron chi connectivity index (χ0n) is 12.2. The summed E-state index contributed by atoms with van der Waals surface area (Å²) in [6, 6.07) is 9.88. The van der Waals surface area contributed by atoms with E-state index in [1.807, 2.05) is 44.2 Å². The Morgan fingerprint density at radius 1 is 1.19 bits per heavy atom. The summed E-state index contributed by atoms with van der Waals surface area (Å²) in [6.45, 7) is 4.54. The van der Waals surface area contributed by atoms with Crippen molar-refractivity contribution in [2.75, 3.05) is 0 Å². The highest BCUT2D eigenvalue weighted by atomic mass is 32.2. The first-order valence-electron chi connectivity index (χ1n) is 6.99. The molecule has 7 heteroatoms. The van der Waals surface area contributed by atoms with E-state index in [0.29, 0.717) is 12.4 Å². The molecule has 0 saturated carbocycles. The van der Waals surface area contributed by atoms with E-state index in [1.54, 1.807) is 4.57 Å². The number of nitrogens with zero attached hydrogens (tertiary/aromatic N) is 3. The molecule has 0 fully saturated rings. The van der Waals surface area contributed by atoms with Gasteiger partial charge in [0, 0.05) is 12.5 Å². The molecule has 0 aliphatic heterocycles. The largest absolute Gasteiger partial charge is 0.300 e. The zero-order chi connectivity index (χ0) is 15.5. The Hall–Kier alpha value is -1.73. The molecule has 0 amide bonds. The van der Waals surface area contributed by atoms with Crippen LogP contribution < -0.4 is 5.14 Å². The van der Waals surface area contributed by atoms with Crippen molar-refractivity contribution in [2.45, 2.75) is 44.3 Å². The van der Waals surface area contributed by atoms with E-state index >= 15 is 0 Å². The molecule has 2 rings (SSSR count). The van der Waals surface area contributed by atoms with Crippen LogP contribution in [0.1, 0.15) is 44.0 Å². The average molecular weight is 308 g/mol. The minimum Gasteiger partial charge on any atom is -0.300 e. The Morgan fingerprint density at radius 2 is 1.86 bits per heavy atom. The third-order valence-electron chi connectivity index (χ3n) is 3.37. The monoisotopic (exact) mass is 308 g/mol. The van der Waals surface area contributed by atoms with E-state index in [2.05, 4.69) is 10.2 Å². The third kappa shape index (κ3) is 3.30. The maximum atomic E-state index is 11.6. The number of hydrogen-bond acceptors (Lipinski definition) is 4. The van der Waals surface area contributed by atoms with E-state index in [4.69, 9.17) is 5.14 Å². The molecule has 0 aliphatic carbocycles. The molecule has 114 valence electrons. The predicted octanol–water partition coefficient (Wildman–Crippen LogP) is 1.88. The summed E-state index contributed by atoms with van der Waals surface area (Å²) in [6.07, 6.45) is 1.58. The van der Waals surface area contributed by atoms with Gasteiger partial charge in [-0.15, -0.1) is 10.2 Å². The number of aromatic nitrogens is 3. The van der Waals surface area contributed by atoms with Crippen LogP contribution in [0.4, 0.5) is 0 Å². The number of hydrogen-bond donors (Lipinski definition) is 1. The maximum Gasteiger partial charge on any atom is 0.273 e. The van der Waals surface area contributed by atoms with Crippen molar-refractivity contribution in [1.82, 2.24) is 14.8 Å². The predicted molar refractivity (Wildman–Crippen MR) is 80.3 cm³/mol. The summed E-state index contributed by atoms with van der Waals surface area (Å²) in [5.41, 5.74) is 1.09. The second-order valence-corrected chi connectivity index (χ2v) is 6.36. The molecule has 2 aromatic rings. The lowest BCUT2D eigenvalue weighted by molar-refractivity contribution is 0.535. The molecule has 21 heavy (non-hydrogen) atoms. The number of benzene rings is 1. The second kappa shape index (κ2) is 6.36. The first-order valence-corrected chi connectivity index (χ1v) is 8.54. The summed E-state index contributed by atoms with van der Waals surface area (Å²) in [7, 11) is -3.87. The average Bonchev–Trinajstić information content (AvgIpc) is 2.85.